The summed E-state index contributed by atoms with van der Waals surface area (Å²) in [6, 6.07) is 14.0. The second-order valence-corrected chi connectivity index (χ2v) is 8.58. The van der Waals surface area contributed by atoms with Gasteiger partial charge in [-0.2, -0.15) is 0 Å². The van der Waals surface area contributed by atoms with Gasteiger partial charge in [-0.1, -0.05) is 30.3 Å². The first-order chi connectivity index (χ1) is 13.3. The standard InChI is InChI=1S/C20H24N2O5S/c1-14(15-8-4-6-10-17(15)26-2)21-20(23)19-12-13-22(28(3,24)25)16-9-5-7-11-18(16)27-19/h4-11,14,19H,12-13H2,1-3H3,(H,21,23). The highest BCUT2D eigenvalue weighted by atomic mass is 32.2. The van der Waals surface area contributed by atoms with Crippen molar-refractivity contribution in [1.82, 2.24) is 5.32 Å². The Kier molecular flexibility index (Phi) is 5.79. The maximum absolute atomic E-state index is 12.9. The van der Waals surface area contributed by atoms with E-state index in [-0.39, 0.29) is 24.9 Å². The van der Waals surface area contributed by atoms with Gasteiger partial charge < -0.3 is 14.8 Å². The van der Waals surface area contributed by atoms with Crippen LogP contribution in [0.25, 0.3) is 0 Å². The minimum atomic E-state index is -3.48. The molecule has 2 aromatic carbocycles. The van der Waals surface area contributed by atoms with Crippen LogP contribution in [0.5, 0.6) is 11.5 Å². The molecule has 0 spiro atoms. The van der Waals surface area contributed by atoms with Gasteiger partial charge >= 0.3 is 0 Å². The zero-order chi connectivity index (χ0) is 20.3. The summed E-state index contributed by atoms with van der Waals surface area (Å²) < 4.78 is 36.9. The number of nitrogens with one attached hydrogen (secondary N) is 1. The van der Waals surface area contributed by atoms with Crippen LogP contribution >= 0.6 is 0 Å². The number of para-hydroxylation sites is 3. The molecule has 0 fully saturated rings. The first-order valence-corrected chi connectivity index (χ1v) is 10.8. The van der Waals surface area contributed by atoms with E-state index in [1.54, 1.807) is 31.4 Å². The number of hydrogen-bond acceptors (Lipinski definition) is 5. The number of fused-ring (bicyclic) bond motifs is 1. The lowest BCUT2D eigenvalue weighted by atomic mass is 10.1. The number of ether oxygens (including phenoxy) is 2. The van der Waals surface area contributed by atoms with Crippen LogP contribution in [0, 0.1) is 0 Å². The number of nitrogens with zero attached hydrogens (tertiary/aromatic N) is 1. The van der Waals surface area contributed by atoms with E-state index in [0.29, 0.717) is 17.2 Å². The highest BCUT2D eigenvalue weighted by molar-refractivity contribution is 7.92. The molecule has 0 saturated heterocycles. The van der Waals surface area contributed by atoms with Crippen LogP contribution in [-0.4, -0.2) is 40.3 Å². The van der Waals surface area contributed by atoms with Crippen LogP contribution in [0.15, 0.2) is 48.5 Å². The highest BCUT2D eigenvalue weighted by Gasteiger charge is 2.31. The maximum Gasteiger partial charge on any atom is 0.261 e. The van der Waals surface area contributed by atoms with E-state index in [0.717, 1.165) is 11.8 Å². The van der Waals surface area contributed by atoms with Crippen LogP contribution in [-0.2, 0) is 14.8 Å². The van der Waals surface area contributed by atoms with Crippen molar-refractivity contribution in [3.63, 3.8) is 0 Å². The molecule has 0 bridgehead atoms. The Balaban J connectivity index is 1.80. The van der Waals surface area contributed by atoms with Gasteiger partial charge in [0.1, 0.15) is 11.5 Å². The third-order valence-electron chi connectivity index (χ3n) is 4.65. The molecule has 1 heterocycles. The van der Waals surface area contributed by atoms with Crippen LogP contribution < -0.4 is 19.1 Å². The van der Waals surface area contributed by atoms with Crippen LogP contribution in [0.4, 0.5) is 5.69 Å². The molecule has 1 amide bonds. The molecule has 0 aliphatic carbocycles. The number of methoxy groups -OCH3 is 1. The van der Waals surface area contributed by atoms with Crippen LogP contribution in [0.2, 0.25) is 0 Å². The predicted octanol–water partition coefficient (Wildman–Crippen LogP) is 2.49. The monoisotopic (exact) mass is 404 g/mol. The number of amides is 1. The Hall–Kier alpha value is -2.74. The van der Waals surface area contributed by atoms with E-state index in [4.69, 9.17) is 9.47 Å². The van der Waals surface area contributed by atoms with Gasteiger partial charge in [-0.05, 0) is 25.1 Å². The van der Waals surface area contributed by atoms with Gasteiger partial charge in [-0.3, -0.25) is 9.10 Å². The normalized spacial score (nSPS) is 17.7. The van der Waals surface area contributed by atoms with Crippen molar-refractivity contribution >= 4 is 21.6 Å². The lowest BCUT2D eigenvalue weighted by Crippen LogP contribution is -2.40. The molecule has 8 heteroatoms. The Morgan fingerprint density at radius 3 is 2.61 bits per heavy atom. The topological polar surface area (TPSA) is 84.9 Å². The van der Waals surface area contributed by atoms with Crippen molar-refractivity contribution in [3.05, 3.63) is 54.1 Å². The van der Waals surface area contributed by atoms with Crippen LogP contribution in [0.1, 0.15) is 24.9 Å². The van der Waals surface area contributed by atoms with Gasteiger partial charge in [0, 0.05) is 18.5 Å². The van der Waals surface area contributed by atoms with Gasteiger partial charge in [0.15, 0.2) is 6.10 Å². The van der Waals surface area contributed by atoms with Crippen molar-refractivity contribution in [2.45, 2.75) is 25.5 Å². The fraction of sp³-hybridized carbons (Fsp3) is 0.350. The fourth-order valence-electron chi connectivity index (χ4n) is 3.27. The summed E-state index contributed by atoms with van der Waals surface area (Å²) >= 11 is 0. The Morgan fingerprint density at radius 2 is 1.89 bits per heavy atom. The third kappa shape index (κ3) is 4.22. The molecule has 1 aliphatic rings. The molecule has 2 aromatic rings. The molecule has 0 saturated carbocycles. The van der Waals surface area contributed by atoms with E-state index in [9.17, 15) is 13.2 Å². The quantitative estimate of drug-likeness (QED) is 0.828. The molecular formula is C20H24N2O5S. The zero-order valence-electron chi connectivity index (χ0n) is 16.1. The van der Waals surface area contributed by atoms with E-state index < -0.39 is 16.1 Å². The van der Waals surface area contributed by atoms with Crippen molar-refractivity contribution < 1.29 is 22.7 Å². The fourth-order valence-corrected chi connectivity index (χ4v) is 4.21. The SMILES string of the molecule is COc1ccccc1C(C)NC(=O)C1CCN(S(C)(=O)=O)c2ccccc2O1. The third-order valence-corrected chi connectivity index (χ3v) is 5.83. The summed E-state index contributed by atoms with van der Waals surface area (Å²) in [4.78, 5) is 12.9. The zero-order valence-corrected chi connectivity index (χ0v) is 16.9. The molecule has 7 nitrogen and oxygen atoms in total. The predicted molar refractivity (Wildman–Crippen MR) is 107 cm³/mol. The molecule has 2 unspecified atom stereocenters. The van der Waals surface area contributed by atoms with Crippen molar-refractivity contribution in [2.75, 3.05) is 24.2 Å². The van der Waals surface area contributed by atoms with Gasteiger partial charge in [-0.15, -0.1) is 0 Å². The summed E-state index contributed by atoms with van der Waals surface area (Å²) in [6.45, 7) is 2.03. The summed E-state index contributed by atoms with van der Waals surface area (Å²) in [5.74, 6) is 0.754. The number of hydrogen-bond donors (Lipinski definition) is 1. The van der Waals surface area contributed by atoms with Crippen molar-refractivity contribution in [1.29, 1.82) is 0 Å². The molecule has 3 rings (SSSR count). The molecule has 0 radical (unpaired) electrons. The summed E-state index contributed by atoms with van der Waals surface area (Å²) in [5.41, 5.74) is 1.29. The van der Waals surface area contributed by atoms with Gasteiger partial charge in [0.05, 0.1) is 25.1 Å². The molecule has 2 atom stereocenters. The van der Waals surface area contributed by atoms with Gasteiger partial charge in [-0.25, -0.2) is 8.42 Å². The lowest BCUT2D eigenvalue weighted by molar-refractivity contribution is -0.128. The maximum atomic E-state index is 12.9. The number of rotatable bonds is 5. The van der Waals surface area contributed by atoms with E-state index in [1.807, 2.05) is 31.2 Å². The second kappa shape index (κ2) is 8.10. The number of sulfonamides is 1. The van der Waals surface area contributed by atoms with E-state index >= 15 is 0 Å². The number of carbonyl (C=O) groups excluding carboxylic acids is 1. The minimum Gasteiger partial charge on any atom is -0.496 e. The number of benzene rings is 2. The second-order valence-electron chi connectivity index (χ2n) is 6.67. The molecule has 150 valence electrons. The average molecular weight is 404 g/mol. The van der Waals surface area contributed by atoms with Crippen molar-refractivity contribution in [2.24, 2.45) is 0 Å². The largest absolute Gasteiger partial charge is 0.496 e. The smallest absolute Gasteiger partial charge is 0.261 e. The van der Waals surface area contributed by atoms with E-state index in [2.05, 4.69) is 5.32 Å². The average Bonchev–Trinajstić information content (AvgIpc) is 2.87. The summed E-state index contributed by atoms with van der Waals surface area (Å²) in [5, 5.41) is 2.94. The molecule has 1 N–H and O–H groups in total. The molecular weight excluding hydrogens is 380 g/mol. The van der Waals surface area contributed by atoms with Gasteiger partial charge in [0.2, 0.25) is 10.0 Å². The lowest BCUT2D eigenvalue weighted by Gasteiger charge is -2.21. The first-order valence-electron chi connectivity index (χ1n) is 8.98. The van der Waals surface area contributed by atoms with Gasteiger partial charge in [0.25, 0.3) is 5.91 Å². The molecule has 28 heavy (non-hydrogen) atoms. The minimum absolute atomic E-state index is 0.164. The van der Waals surface area contributed by atoms with Crippen LogP contribution in [0.3, 0.4) is 0 Å². The number of carbonyl (C=O) groups is 1. The van der Waals surface area contributed by atoms with E-state index in [1.165, 1.54) is 4.31 Å². The summed E-state index contributed by atoms with van der Waals surface area (Å²) in [7, 11) is -1.90. The number of anilines is 1. The molecule has 1 aliphatic heterocycles. The first kappa shape index (κ1) is 20.0. The highest BCUT2D eigenvalue weighted by Crippen LogP contribution is 2.34. The molecule has 0 aromatic heterocycles. The van der Waals surface area contributed by atoms with Crippen molar-refractivity contribution in [3.8, 4) is 11.5 Å². The Morgan fingerprint density at radius 1 is 1.21 bits per heavy atom. The Bertz CT molecular complexity index is 961. The Labute approximate surface area is 165 Å². The summed E-state index contributed by atoms with van der Waals surface area (Å²) in [6.07, 6.45) is 0.588.